The molecule has 2 aliphatic rings. The maximum Gasteiger partial charge on any atom is 0.0234 e. The van der Waals surface area contributed by atoms with E-state index in [0.717, 1.165) is 13.1 Å². The van der Waals surface area contributed by atoms with Crippen molar-refractivity contribution in [2.75, 3.05) is 39.3 Å². The Balaban J connectivity index is 1.47. The number of hydrogen-bond acceptors (Lipinski definition) is 3. The second-order valence-electron chi connectivity index (χ2n) is 6.95. The van der Waals surface area contributed by atoms with Gasteiger partial charge in [0.2, 0.25) is 0 Å². The van der Waals surface area contributed by atoms with Crippen molar-refractivity contribution in [1.29, 1.82) is 0 Å². The largest absolute Gasteiger partial charge is 0.330 e. The van der Waals surface area contributed by atoms with Crippen LogP contribution >= 0.6 is 0 Å². The quantitative estimate of drug-likeness (QED) is 0.902. The van der Waals surface area contributed by atoms with Gasteiger partial charge in [-0.3, -0.25) is 4.90 Å². The minimum atomic E-state index is 0.432. The van der Waals surface area contributed by atoms with E-state index in [1.807, 2.05) is 0 Å². The van der Waals surface area contributed by atoms with Gasteiger partial charge in [-0.2, -0.15) is 0 Å². The summed E-state index contributed by atoms with van der Waals surface area (Å²) in [6.45, 7) is 7.98. The molecule has 3 nitrogen and oxygen atoms in total. The molecule has 2 fully saturated rings. The second kappa shape index (κ2) is 6.91. The van der Waals surface area contributed by atoms with Crippen molar-refractivity contribution in [1.82, 2.24) is 9.80 Å². The Kier molecular flexibility index (Phi) is 4.94. The normalized spacial score (nSPS) is 23.5. The van der Waals surface area contributed by atoms with Gasteiger partial charge >= 0.3 is 0 Å². The molecule has 0 aromatic heterocycles. The third kappa shape index (κ3) is 3.85. The van der Waals surface area contributed by atoms with Crippen LogP contribution in [0.15, 0.2) is 30.3 Å². The molecule has 1 aromatic carbocycles. The lowest BCUT2D eigenvalue weighted by Gasteiger charge is -2.40. The highest BCUT2D eigenvalue weighted by Crippen LogP contribution is 2.37. The molecule has 0 unspecified atom stereocenters. The summed E-state index contributed by atoms with van der Waals surface area (Å²) in [4.78, 5) is 5.23. The van der Waals surface area contributed by atoms with E-state index in [-0.39, 0.29) is 0 Å². The van der Waals surface area contributed by atoms with Crippen molar-refractivity contribution >= 4 is 0 Å². The summed E-state index contributed by atoms with van der Waals surface area (Å²) in [5, 5.41) is 0. The SMILES string of the molecule is NCC1(CN2CCN(Cc3ccccc3)CC2)CCCC1. The van der Waals surface area contributed by atoms with Crippen LogP contribution in [-0.4, -0.2) is 49.1 Å². The highest BCUT2D eigenvalue weighted by Gasteiger charge is 2.34. The molecule has 2 N–H and O–H groups in total. The Hall–Kier alpha value is -0.900. The number of benzene rings is 1. The van der Waals surface area contributed by atoms with E-state index in [1.165, 1.54) is 64.0 Å². The first-order valence-electron chi connectivity index (χ1n) is 8.48. The first-order valence-corrected chi connectivity index (χ1v) is 8.48. The summed E-state index contributed by atoms with van der Waals surface area (Å²) in [6, 6.07) is 10.8. The average Bonchev–Trinajstić information content (AvgIpc) is 2.99. The van der Waals surface area contributed by atoms with Gasteiger partial charge in [0.05, 0.1) is 0 Å². The van der Waals surface area contributed by atoms with Crippen molar-refractivity contribution in [2.45, 2.75) is 32.2 Å². The minimum absolute atomic E-state index is 0.432. The molecular formula is C18H29N3. The predicted molar refractivity (Wildman–Crippen MR) is 88.1 cm³/mol. The van der Waals surface area contributed by atoms with Crippen LogP contribution in [-0.2, 0) is 6.54 Å². The molecule has 0 spiro atoms. The van der Waals surface area contributed by atoms with Gasteiger partial charge in [-0.15, -0.1) is 0 Å². The predicted octanol–water partition coefficient (Wildman–Crippen LogP) is 2.32. The van der Waals surface area contributed by atoms with Crippen LogP contribution in [0.1, 0.15) is 31.2 Å². The molecule has 3 rings (SSSR count). The van der Waals surface area contributed by atoms with Crippen molar-refractivity contribution in [3.8, 4) is 0 Å². The standard InChI is InChI=1S/C18H29N3/c19-15-18(8-4-5-9-18)16-21-12-10-20(11-13-21)14-17-6-2-1-3-7-17/h1-3,6-7H,4-5,8-16,19H2. The molecule has 116 valence electrons. The molecule has 0 atom stereocenters. The topological polar surface area (TPSA) is 32.5 Å². The number of nitrogens with two attached hydrogens (primary N) is 1. The summed E-state index contributed by atoms with van der Waals surface area (Å²) in [6.07, 6.45) is 5.44. The fourth-order valence-corrected chi connectivity index (χ4v) is 3.97. The molecule has 1 aliphatic heterocycles. The van der Waals surface area contributed by atoms with Crippen molar-refractivity contribution < 1.29 is 0 Å². The Morgan fingerprint density at radius 1 is 0.905 bits per heavy atom. The Bertz CT molecular complexity index is 417. The molecule has 3 heteroatoms. The van der Waals surface area contributed by atoms with Gasteiger partial charge in [0, 0.05) is 39.3 Å². The average molecular weight is 287 g/mol. The Morgan fingerprint density at radius 2 is 1.52 bits per heavy atom. The second-order valence-corrected chi connectivity index (χ2v) is 6.95. The molecule has 1 saturated heterocycles. The van der Waals surface area contributed by atoms with Crippen LogP contribution < -0.4 is 5.73 Å². The molecule has 21 heavy (non-hydrogen) atoms. The molecular weight excluding hydrogens is 258 g/mol. The zero-order valence-electron chi connectivity index (χ0n) is 13.1. The smallest absolute Gasteiger partial charge is 0.0234 e. The maximum atomic E-state index is 6.08. The van der Waals surface area contributed by atoms with Gasteiger partial charge in [0.15, 0.2) is 0 Å². The minimum Gasteiger partial charge on any atom is -0.330 e. The molecule has 1 heterocycles. The van der Waals surface area contributed by atoms with Crippen molar-refractivity contribution in [3.63, 3.8) is 0 Å². The fourth-order valence-electron chi connectivity index (χ4n) is 3.97. The van der Waals surface area contributed by atoms with Gasteiger partial charge in [-0.25, -0.2) is 0 Å². The summed E-state index contributed by atoms with van der Waals surface area (Å²) < 4.78 is 0. The maximum absolute atomic E-state index is 6.08. The number of piperazine rings is 1. The van der Waals surface area contributed by atoms with Crippen molar-refractivity contribution in [3.05, 3.63) is 35.9 Å². The van der Waals surface area contributed by atoms with Gasteiger partial charge < -0.3 is 10.6 Å². The van der Waals surface area contributed by atoms with Gasteiger partial charge in [0.1, 0.15) is 0 Å². The van der Waals surface area contributed by atoms with Gasteiger partial charge in [0.25, 0.3) is 0 Å². The van der Waals surface area contributed by atoms with E-state index in [1.54, 1.807) is 0 Å². The van der Waals surface area contributed by atoms with Crippen LogP contribution in [0.2, 0.25) is 0 Å². The van der Waals surface area contributed by atoms with Crippen molar-refractivity contribution in [2.24, 2.45) is 11.1 Å². The van der Waals surface area contributed by atoms with Crippen LogP contribution in [0.5, 0.6) is 0 Å². The lowest BCUT2D eigenvalue weighted by Crippen LogP contribution is -2.50. The molecule has 1 aromatic rings. The van der Waals surface area contributed by atoms with Crippen LogP contribution in [0, 0.1) is 5.41 Å². The summed E-state index contributed by atoms with van der Waals surface area (Å²) in [7, 11) is 0. The third-order valence-corrected chi connectivity index (χ3v) is 5.37. The lowest BCUT2D eigenvalue weighted by atomic mass is 9.85. The Labute approximate surface area is 129 Å². The summed E-state index contributed by atoms with van der Waals surface area (Å²) >= 11 is 0. The van der Waals surface area contributed by atoms with Gasteiger partial charge in [-0.05, 0) is 30.4 Å². The molecule has 1 aliphatic carbocycles. The zero-order chi connectivity index (χ0) is 14.5. The highest BCUT2D eigenvalue weighted by molar-refractivity contribution is 5.14. The van der Waals surface area contributed by atoms with E-state index in [0.29, 0.717) is 5.41 Å². The molecule has 1 saturated carbocycles. The molecule has 0 amide bonds. The Morgan fingerprint density at radius 3 is 2.14 bits per heavy atom. The van der Waals surface area contributed by atoms with Crippen LogP contribution in [0.25, 0.3) is 0 Å². The summed E-state index contributed by atoms with van der Waals surface area (Å²) in [5.74, 6) is 0. The molecule has 0 bridgehead atoms. The number of rotatable bonds is 5. The summed E-state index contributed by atoms with van der Waals surface area (Å²) in [5.41, 5.74) is 7.94. The van der Waals surface area contributed by atoms with Crippen LogP contribution in [0.3, 0.4) is 0 Å². The number of hydrogen-bond donors (Lipinski definition) is 1. The van der Waals surface area contributed by atoms with E-state index < -0.39 is 0 Å². The highest BCUT2D eigenvalue weighted by atomic mass is 15.3. The first kappa shape index (κ1) is 15.0. The van der Waals surface area contributed by atoms with Crippen LogP contribution in [0.4, 0.5) is 0 Å². The first-order chi connectivity index (χ1) is 10.3. The molecule has 0 radical (unpaired) electrons. The zero-order valence-corrected chi connectivity index (χ0v) is 13.1. The van der Waals surface area contributed by atoms with Gasteiger partial charge in [-0.1, -0.05) is 43.2 Å². The third-order valence-electron chi connectivity index (χ3n) is 5.37. The number of nitrogens with zero attached hydrogens (tertiary/aromatic N) is 2. The van der Waals surface area contributed by atoms with E-state index in [9.17, 15) is 0 Å². The van der Waals surface area contributed by atoms with E-state index in [4.69, 9.17) is 5.73 Å². The fraction of sp³-hybridized carbons (Fsp3) is 0.667. The monoisotopic (exact) mass is 287 g/mol. The van der Waals surface area contributed by atoms with E-state index >= 15 is 0 Å². The lowest BCUT2D eigenvalue weighted by molar-refractivity contribution is 0.0854. The van der Waals surface area contributed by atoms with E-state index in [2.05, 4.69) is 40.1 Å².